The largest absolute Gasteiger partial charge is 0.308 e. The summed E-state index contributed by atoms with van der Waals surface area (Å²) in [4.78, 5) is 26.4. The minimum absolute atomic E-state index is 0.0426. The van der Waals surface area contributed by atoms with Crippen LogP contribution in [0.1, 0.15) is 39.1 Å². The first kappa shape index (κ1) is 14.4. The van der Waals surface area contributed by atoms with Gasteiger partial charge in [-0.2, -0.15) is 0 Å². The van der Waals surface area contributed by atoms with Gasteiger partial charge >= 0.3 is 0 Å². The van der Waals surface area contributed by atoms with E-state index in [0.717, 1.165) is 0 Å². The fraction of sp³-hybridized carbons (Fsp3) is 0.222. The Morgan fingerprint density at radius 3 is 2.73 bits per heavy atom. The molecule has 3 rings (SSSR count). The highest BCUT2D eigenvalue weighted by atomic mass is 19.1. The van der Waals surface area contributed by atoms with Crippen LogP contribution >= 0.6 is 0 Å². The molecule has 0 N–H and O–H groups in total. The molecular weight excluding hydrogens is 281 g/mol. The SMILES string of the molecule is Cc1ccc(C(=O)N2CCCC(=O)c3ccccc32)cc1F. The highest BCUT2D eigenvalue weighted by molar-refractivity contribution is 6.11. The van der Waals surface area contributed by atoms with Gasteiger partial charge in [-0.25, -0.2) is 4.39 Å². The van der Waals surface area contributed by atoms with Gasteiger partial charge < -0.3 is 4.90 Å². The summed E-state index contributed by atoms with van der Waals surface area (Å²) in [5.41, 5.74) is 1.96. The molecule has 0 fully saturated rings. The number of carbonyl (C=O) groups excluding carboxylic acids is 2. The van der Waals surface area contributed by atoms with Crippen LogP contribution in [0.3, 0.4) is 0 Å². The van der Waals surface area contributed by atoms with Gasteiger partial charge in [0, 0.05) is 24.1 Å². The molecule has 0 radical (unpaired) electrons. The normalized spacial score (nSPS) is 14.5. The number of para-hydroxylation sites is 1. The first-order valence-corrected chi connectivity index (χ1v) is 7.28. The Morgan fingerprint density at radius 2 is 1.95 bits per heavy atom. The molecule has 0 unspecified atom stereocenters. The van der Waals surface area contributed by atoms with Crippen LogP contribution in [-0.2, 0) is 0 Å². The van der Waals surface area contributed by atoms with Crippen molar-refractivity contribution in [3.63, 3.8) is 0 Å². The molecule has 2 aromatic rings. The molecule has 1 aliphatic rings. The number of aryl methyl sites for hydroxylation is 1. The highest BCUT2D eigenvalue weighted by Crippen LogP contribution is 2.27. The molecule has 0 atom stereocenters. The molecule has 22 heavy (non-hydrogen) atoms. The van der Waals surface area contributed by atoms with E-state index in [1.54, 1.807) is 48.2 Å². The number of hydrogen-bond acceptors (Lipinski definition) is 2. The van der Waals surface area contributed by atoms with Crippen LogP contribution in [0, 0.1) is 12.7 Å². The Balaban J connectivity index is 2.03. The Kier molecular flexibility index (Phi) is 3.75. The van der Waals surface area contributed by atoms with Gasteiger partial charge in [-0.3, -0.25) is 9.59 Å². The second-order valence-corrected chi connectivity index (χ2v) is 5.46. The van der Waals surface area contributed by atoms with Crippen molar-refractivity contribution in [2.45, 2.75) is 19.8 Å². The van der Waals surface area contributed by atoms with Crippen LogP contribution in [-0.4, -0.2) is 18.2 Å². The van der Waals surface area contributed by atoms with Crippen molar-refractivity contribution < 1.29 is 14.0 Å². The number of fused-ring (bicyclic) bond motifs is 1. The van der Waals surface area contributed by atoms with Gasteiger partial charge in [-0.1, -0.05) is 18.2 Å². The molecule has 0 aromatic heterocycles. The standard InChI is InChI=1S/C18H16FNO2/c1-12-8-9-13(11-15(12)19)18(22)20-10-4-7-17(21)14-5-2-3-6-16(14)20/h2-3,5-6,8-9,11H,4,7,10H2,1H3. The maximum atomic E-state index is 13.7. The summed E-state index contributed by atoms with van der Waals surface area (Å²) >= 11 is 0. The third-order valence-corrected chi connectivity index (χ3v) is 3.94. The Hall–Kier alpha value is -2.49. The summed E-state index contributed by atoms with van der Waals surface area (Å²) in [5, 5.41) is 0. The predicted molar refractivity (Wildman–Crippen MR) is 82.8 cm³/mol. The zero-order chi connectivity index (χ0) is 15.7. The van der Waals surface area contributed by atoms with Gasteiger partial charge in [0.25, 0.3) is 5.91 Å². The van der Waals surface area contributed by atoms with E-state index in [0.29, 0.717) is 41.8 Å². The average Bonchev–Trinajstić information content (AvgIpc) is 2.69. The summed E-state index contributed by atoms with van der Waals surface area (Å²) < 4.78 is 13.7. The van der Waals surface area contributed by atoms with E-state index in [1.165, 1.54) is 6.07 Å². The Morgan fingerprint density at radius 1 is 1.18 bits per heavy atom. The minimum Gasteiger partial charge on any atom is -0.308 e. The number of amides is 1. The Labute approximate surface area is 128 Å². The van der Waals surface area contributed by atoms with E-state index in [2.05, 4.69) is 0 Å². The molecule has 0 saturated carbocycles. The van der Waals surface area contributed by atoms with Gasteiger partial charge in [0.1, 0.15) is 5.82 Å². The lowest BCUT2D eigenvalue weighted by Gasteiger charge is -2.22. The van der Waals surface area contributed by atoms with Crippen LogP contribution in [0.25, 0.3) is 0 Å². The monoisotopic (exact) mass is 297 g/mol. The summed E-state index contributed by atoms with van der Waals surface area (Å²) in [5.74, 6) is -0.632. The predicted octanol–water partition coefficient (Wildman–Crippen LogP) is 3.76. The van der Waals surface area contributed by atoms with Crippen LogP contribution in [0.4, 0.5) is 10.1 Å². The molecule has 4 heteroatoms. The average molecular weight is 297 g/mol. The van der Waals surface area contributed by atoms with E-state index >= 15 is 0 Å². The number of halogens is 1. The zero-order valence-corrected chi connectivity index (χ0v) is 12.3. The number of ketones is 1. The van der Waals surface area contributed by atoms with Crippen molar-refractivity contribution in [3.05, 3.63) is 65.0 Å². The molecule has 0 spiro atoms. The van der Waals surface area contributed by atoms with E-state index in [-0.39, 0.29) is 11.7 Å². The number of hydrogen-bond donors (Lipinski definition) is 0. The lowest BCUT2D eigenvalue weighted by molar-refractivity contribution is 0.0973. The van der Waals surface area contributed by atoms with E-state index in [4.69, 9.17) is 0 Å². The minimum atomic E-state index is -0.398. The van der Waals surface area contributed by atoms with Gasteiger partial charge in [0.15, 0.2) is 5.78 Å². The third-order valence-electron chi connectivity index (χ3n) is 3.94. The molecule has 3 nitrogen and oxygen atoms in total. The lowest BCUT2D eigenvalue weighted by Crippen LogP contribution is -2.31. The molecular formula is C18H16FNO2. The van der Waals surface area contributed by atoms with Crippen molar-refractivity contribution in [1.82, 2.24) is 0 Å². The fourth-order valence-electron chi connectivity index (χ4n) is 2.69. The van der Waals surface area contributed by atoms with Gasteiger partial charge in [0.2, 0.25) is 0 Å². The quantitative estimate of drug-likeness (QED) is 0.803. The molecule has 1 aliphatic heterocycles. The van der Waals surface area contributed by atoms with Crippen LogP contribution in [0.5, 0.6) is 0 Å². The van der Waals surface area contributed by atoms with E-state index in [1.807, 2.05) is 0 Å². The maximum Gasteiger partial charge on any atom is 0.258 e. The number of benzene rings is 2. The number of rotatable bonds is 1. The molecule has 0 aliphatic carbocycles. The number of nitrogens with zero attached hydrogens (tertiary/aromatic N) is 1. The van der Waals surface area contributed by atoms with E-state index < -0.39 is 5.82 Å². The summed E-state index contributed by atoms with van der Waals surface area (Å²) in [6.45, 7) is 2.11. The molecule has 0 bridgehead atoms. The topological polar surface area (TPSA) is 37.4 Å². The second-order valence-electron chi connectivity index (χ2n) is 5.46. The fourth-order valence-corrected chi connectivity index (χ4v) is 2.69. The molecule has 1 heterocycles. The van der Waals surface area contributed by atoms with Crippen molar-refractivity contribution >= 4 is 17.4 Å². The van der Waals surface area contributed by atoms with Gasteiger partial charge in [-0.05, 0) is 43.2 Å². The number of Topliss-reactive ketones (excluding diaryl/α,β-unsaturated/α-hetero) is 1. The van der Waals surface area contributed by atoms with Crippen molar-refractivity contribution in [2.75, 3.05) is 11.4 Å². The molecule has 1 amide bonds. The Bertz CT molecular complexity index is 755. The summed E-state index contributed by atoms with van der Waals surface area (Å²) in [6, 6.07) is 11.6. The summed E-state index contributed by atoms with van der Waals surface area (Å²) in [6.07, 6.45) is 1.02. The van der Waals surface area contributed by atoms with Gasteiger partial charge in [0.05, 0.1) is 5.69 Å². The third kappa shape index (κ3) is 2.52. The van der Waals surface area contributed by atoms with Crippen LogP contribution in [0.15, 0.2) is 42.5 Å². The second kappa shape index (κ2) is 5.72. The summed E-state index contributed by atoms with van der Waals surface area (Å²) in [7, 11) is 0. The highest BCUT2D eigenvalue weighted by Gasteiger charge is 2.25. The van der Waals surface area contributed by atoms with Crippen molar-refractivity contribution in [3.8, 4) is 0 Å². The molecule has 0 saturated heterocycles. The molecule has 112 valence electrons. The van der Waals surface area contributed by atoms with Gasteiger partial charge in [-0.15, -0.1) is 0 Å². The molecule has 2 aromatic carbocycles. The van der Waals surface area contributed by atoms with E-state index in [9.17, 15) is 14.0 Å². The smallest absolute Gasteiger partial charge is 0.258 e. The van der Waals surface area contributed by atoms with Crippen molar-refractivity contribution in [2.24, 2.45) is 0 Å². The maximum absolute atomic E-state index is 13.7. The first-order chi connectivity index (χ1) is 10.6. The number of carbonyl (C=O) groups is 2. The number of anilines is 1. The van der Waals surface area contributed by atoms with Crippen LogP contribution in [0.2, 0.25) is 0 Å². The lowest BCUT2D eigenvalue weighted by atomic mass is 10.1. The zero-order valence-electron chi connectivity index (χ0n) is 12.3. The van der Waals surface area contributed by atoms with Crippen LogP contribution < -0.4 is 4.90 Å². The first-order valence-electron chi connectivity index (χ1n) is 7.28. The van der Waals surface area contributed by atoms with Crippen molar-refractivity contribution in [1.29, 1.82) is 0 Å².